The lowest BCUT2D eigenvalue weighted by atomic mass is 10.1. The number of thiazole rings is 1. The van der Waals surface area contributed by atoms with Crippen LogP contribution in [0.25, 0.3) is 4.96 Å². The van der Waals surface area contributed by atoms with Crippen LogP contribution in [0.15, 0.2) is 11.6 Å². The molecule has 3 nitrogen and oxygen atoms in total. The lowest BCUT2D eigenvalue weighted by Crippen LogP contribution is -1.98. The molecule has 0 aliphatic heterocycles. The molecule has 0 amide bonds. The van der Waals surface area contributed by atoms with E-state index in [1.54, 1.807) is 11.3 Å². The van der Waals surface area contributed by atoms with Crippen LogP contribution in [0.4, 0.5) is 0 Å². The maximum absolute atomic E-state index is 4.26. The van der Waals surface area contributed by atoms with Crippen LogP contribution in [-0.2, 0) is 0 Å². The lowest BCUT2D eigenvalue weighted by molar-refractivity contribution is 0.659. The predicted octanol–water partition coefficient (Wildman–Crippen LogP) is 2.45. The molecule has 1 saturated carbocycles. The first-order chi connectivity index (χ1) is 6.45. The maximum Gasteiger partial charge on any atom is 0.216 e. The second-order valence-electron chi connectivity index (χ2n) is 3.60. The molecule has 0 bridgehead atoms. The van der Waals surface area contributed by atoms with Gasteiger partial charge in [-0.3, -0.25) is 4.40 Å². The molecule has 0 radical (unpaired) electrons. The Morgan fingerprint density at radius 3 is 3.00 bits per heavy atom. The van der Waals surface area contributed by atoms with Gasteiger partial charge in [0.05, 0.1) is 0 Å². The van der Waals surface area contributed by atoms with E-state index in [0.29, 0.717) is 5.92 Å². The lowest BCUT2D eigenvalue weighted by Gasteiger charge is -2.03. The number of fused-ring (bicyclic) bond motifs is 1. The van der Waals surface area contributed by atoms with Gasteiger partial charge >= 0.3 is 0 Å². The van der Waals surface area contributed by atoms with Gasteiger partial charge in [-0.15, -0.1) is 21.5 Å². The fraction of sp³-hybridized carbons (Fsp3) is 0.556. The molecule has 1 fully saturated rings. The normalized spacial score (nSPS) is 18.8. The molecule has 13 heavy (non-hydrogen) atoms. The van der Waals surface area contributed by atoms with E-state index in [1.807, 2.05) is 0 Å². The molecule has 2 heterocycles. The zero-order chi connectivity index (χ0) is 8.67. The van der Waals surface area contributed by atoms with E-state index in [1.165, 1.54) is 31.5 Å². The monoisotopic (exact) mass is 193 g/mol. The summed E-state index contributed by atoms with van der Waals surface area (Å²) in [7, 11) is 0. The van der Waals surface area contributed by atoms with Gasteiger partial charge in [-0.25, -0.2) is 0 Å². The van der Waals surface area contributed by atoms with Crippen molar-refractivity contribution < 1.29 is 0 Å². The molecule has 0 atom stereocenters. The van der Waals surface area contributed by atoms with E-state index in [9.17, 15) is 0 Å². The van der Waals surface area contributed by atoms with Crippen LogP contribution in [0.1, 0.15) is 37.4 Å². The molecule has 0 N–H and O–H groups in total. The standard InChI is InChI=1S/C9H11N3S/c1-2-4-7(3-1)8-10-11-9-12(8)5-6-13-9/h5-7H,1-4H2. The van der Waals surface area contributed by atoms with E-state index in [-0.39, 0.29) is 0 Å². The van der Waals surface area contributed by atoms with E-state index in [4.69, 9.17) is 0 Å². The largest absolute Gasteiger partial charge is 0.277 e. The van der Waals surface area contributed by atoms with Crippen LogP contribution < -0.4 is 0 Å². The number of rotatable bonds is 1. The molecule has 4 heteroatoms. The Bertz CT molecular complexity index is 411. The Hall–Kier alpha value is -0.900. The fourth-order valence-electron chi connectivity index (χ4n) is 2.12. The van der Waals surface area contributed by atoms with Gasteiger partial charge in [-0.05, 0) is 12.8 Å². The molecule has 0 saturated heterocycles. The number of nitrogens with zero attached hydrogens (tertiary/aromatic N) is 3. The van der Waals surface area contributed by atoms with E-state index < -0.39 is 0 Å². The molecule has 0 unspecified atom stereocenters. The smallest absolute Gasteiger partial charge is 0.216 e. The summed E-state index contributed by atoms with van der Waals surface area (Å²) in [5, 5.41) is 10.5. The van der Waals surface area contributed by atoms with E-state index >= 15 is 0 Å². The molecular weight excluding hydrogens is 182 g/mol. The zero-order valence-corrected chi connectivity index (χ0v) is 8.13. The summed E-state index contributed by atoms with van der Waals surface area (Å²) in [6.07, 6.45) is 7.36. The molecular formula is C9H11N3S. The number of hydrogen-bond donors (Lipinski definition) is 0. The van der Waals surface area contributed by atoms with Crippen LogP contribution >= 0.6 is 11.3 Å². The average Bonchev–Trinajstić information content (AvgIpc) is 2.79. The quantitative estimate of drug-likeness (QED) is 0.696. The van der Waals surface area contributed by atoms with Gasteiger partial charge in [0.15, 0.2) is 0 Å². The van der Waals surface area contributed by atoms with E-state index in [0.717, 1.165) is 4.96 Å². The fourth-order valence-corrected chi connectivity index (χ4v) is 2.78. The first-order valence-electron chi connectivity index (χ1n) is 4.73. The summed E-state index contributed by atoms with van der Waals surface area (Å²) in [6.45, 7) is 0. The van der Waals surface area contributed by atoms with Crippen molar-refractivity contribution in [3.8, 4) is 0 Å². The third-order valence-corrected chi connectivity index (χ3v) is 3.54. The zero-order valence-electron chi connectivity index (χ0n) is 7.31. The molecule has 1 aliphatic rings. The van der Waals surface area contributed by atoms with Crippen molar-refractivity contribution >= 4 is 16.3 Å². The topological polar surface area (TPSA) is 30.2 Å². The summed E-state index contributed by atoms with van der Waals surface area (Å²) in [6, 6.07) is 0. The summed E-state index contributed by atoms with van der Waals surface area (Å²) in [5.74, 6) is 1.83. The van der Waals surface area contributed by atoms with Crippen molar-refractivity contribution in [2.45, 2.75) is 31.6 Å². The molecule has 2 aromatic rings. The average molecular weight is 193 g/mol. The Balaban J connectivity index is 2.09. The highest BCUT2D eigenvalue weighted by molar-refractivity contribution is 7.15. The highest BCUT2D eigenvalue weighted by Gasteiger charge is 2.22. The third kappa shape index (κ3) is 1.09. The first-order valence-corrected chi connectivity index (χ1v) is 5.61. The highest BCUT2D eigenvalue weighted by atomic mass is 32.1. The van der Waals surface area contributed by atoms with Crippen LogP contribution in [0, 0.1) is 0 Å². The Labute approximate surface area is 80.4 Å². The van der Waals surface area contributed by atoms with Crippen LogP contribution in [-0.4, -0.2) is 14.6 Å². The van der Waals surface area contributed by atoms with Crippen LogP contribution in [0.3, 0.4) is 0 Å². The maximum atomic E-state index is 4.26. The first kappa shape index (κ1) is 7.50. The molecule has 3 rings (SSSR count). The van der Waals surface area contributed by atoms with Gasteiger partial charge < -0.3 is 0 Å². The van der Waals surface area contributed by atoms with Gasteiger partial charge in [0.25, 0.3) is 0 Å². The molecule has 2 aromatic heterocycles. The molecule has 68 valence electrons. The predicted molar refractivity (Wildman–Crippen MR) is 52.1 cm³/mol. The van der Waals surface area contributed by atoms with Gasteiger partial charge in [-0.2, -0.15) is 0 Å². The third-order valence-electron chi connectivity index (χ3n) is 2.79. The highest BCUT2D eigenvalue weighted by Crippen LogP contribution is 2.33. The van der Waals surface area contributed by atoms with Crippen LogP contribution in [0.5, 0.6) is 0 Å². The summed E-state index contributed by atoms with van der Waals surface area (Å²) < 4.78 is 2.14. The minimum absolute atomic E-state index is 0.657. The van der Waals surface area contributed by atoms with Crippen LogP contribution in [0.2, 0.25) is 0 Å². The Morgan fingerprint density at radius 2 is 2.15 bits per heavy atom. The number of hydrogen-bond acceptors (Lipinski definition) is 3. The van der Waals surface area contributed by atoms with Crippen molar-refractivity contribution in [1.29, 1.82) is 0 Å². The van der Waals surface area contributed by atoms with Gasteiger partial charge in [0.2, 0.25) is 4.96 Å². The van der Waals surface area contributed by atoms with Crippen molar-refractivity contribution in [3.05, 3.63) is 17.4 Å². The molecule has 1 aliphatic carbocycles. The van der Waals surface area contributed by atoms with Crippen molar-refractivity contribution in [2.24, 2.45) is 0 Å². The minimum Gasteiger partial charge on any atom is -0.277 e. The summed E-state index contributed by atoms with van der Waals surface area (Å²) >= 11 is 1.66. The summed E-state index contributed by atoms with van der Waals surface area (Å²) in [5.41, 5.74) is 0. The Kier molecular flexibility index (Phi) is 1.62. The van der Waals surface area contributed by atoms with Crippen molar-refractivity contribution in [3.63, 3.8) is 0 Å². The SMILES string of the molecule is c1cn2c(C3CCCC3)nnc2s1. The molecule has 0 aromatic carbocycles. The van der Waals surface area contributed by atoms with Crippen molar-refractivity contribution in [1.82, 2.24) is 14.6 Å². The summed E-state index contributed by atoms with van der Waals surface area (Å²) in [4.78, 5) is 1.03. The number of aromatic nitrogens is 3. The molecule has 0 spiro atoms. The van der Waals surface area contributed by atoms with Gasteiger partial charge in [0, 0.05) is 17.5 Å². The van der Waals surface area contributed by atoms with Gasteiger partial charge in [0.1, 0.15) is 5.82 Å². The second kappa shape index (κ2) is 2.80. The Morgan fingerprint density at radius 1 is 1.31 bits per heavy atom. The minimum atomic E-state index is 0.657. The van der Waals surface area contributed by atoms with Gasteiger partial charge in [-0.1, -0.05) is 12.8 Å². The second-order valence-corrected chi connectivity index (χ2v) is 4.47. The van der Waals surface area contributed by atoms with E-state index in [2.05, 4.69) is 26.2 Å². The van der Waals surface area contributed by atoms with Crippen molar-refractivity contribution in [2.75, 3.05) is 0 Å².